The van der Waals surface area contributed by atoms with Gasteiger partial charge < -0.3 is 9.84 Å². The molecule has 1 aliphatic rings. The number of halogens is 2. The van der Waals surface area contributed by atoms with Crippen LogP contribution < -0.4 is 0 Å². The van der Waals surface area contributed by atoms with Crippen molar-refractivity contribution in [1.82, 2.24) is 0 Å². The third-order valence-corrected chi connectivity index (χ3v) is 2.73. The quantitative estimate of drug-likeness (QED) is 0.820. The second-order valence-corrected chi connectivity index (χ2v) is 3.94. The summed E-state index contributed by atoms with van der Waals surface area (Å²) in [6, 6.07) is 3.25. The fourth-order valence-corrected chi connectivity index (χ4v) is 1.79. The molecule has 0 spiro atoms. The van der Waals surface area contributed by atoms with Crippen LogP contribution in [0.2, 0.25) is 0 Å². The number of aliphatic carboxylic acids is 1. The number of carbonyl (C=O) groups is 1. The summed E-state index contributed by atoms with van der Waals surface area (Å²) in [7, 11) is 0. The largest absolute Gasteiger partial charge is 0.478 e. The average Bonchev–Trinajstić information content (AvgIpc) is 2.18. The van der Waals surface area contributed by atoms with Gasteiger partial charge in [0.15, 0.2) is 0 Å². The van der Waals surface area contributed by atoms with E-state index in [-0.39, 0.29) is 18.8 Å². The molecule has 0 unspecified atom stereocenters. The van der Waals surface area contributed by atoms with Gasteiger partial charge in [-0.05, 0) is 6.07 Å². The summed E-state index contributed by atoms with van der Waals surface area (Å²) in [4.78, 5) is 10.5. The summed E-state index contributed by atoms with van der Waals surface area (Å²) >= 11 is 0. The zero-order chi connectivity index (χ0) is 12.5. The molecule has 1 N–H and O–H groups in total. The van der Waals surface area contributed by atoms with Crippen LogP contribution in [-0.2, 0) is 14.9 Å². The van der Waals surface area contributed by atoms with E-state index in [4.69, 9.17) is 9.84 Å². The first-order valence-corrected chi connectivity index (χ1v) is 4.99. The summed E-state index contributed by atoms with van der Waals surface area (Å²) in [6.45, 7) is 0.388. The van der Waals surface area contributed by atoms with Gasteiger partial charge in [-0.2, -0.15) is 0 Å². The molecule has 1 fully saturated rings. The second kappa shape index (κ2) is 4.25. The molecule has 1 aromatic carbocycles. The Morgan fingerprint density at radius 2 is 2.12 bits per heavy atom. The molecule has 5 heteroatoms. The van der Waals surface area contributed by atoms with Crippen LogP contribution in [-0.4, -0.2) is 24.3 Å². The van der Waals surface area contributed by atoms with Crippen LogP contribution in [0, 0.1) is 11.6 Å². The molecule has 0 amide bonds. The molecular formula is C12H10F2O3. The second-order valence-electron chi connectivity index (χ2n) is 3.94. The molecule has 0 radical (unpaired) electrons. The lowest BCUT2D eigenvalue weighted by Gasteiger charge is -2.39. The zero-order valence-corrected chi connectivity index (χ0v) is 8.82. The Morgan fingerprint density at radius 1 is 1.41 bits per heavy atom. The number of ether oxygens (including phenoxy) is 1. The van der Waals surface area contributed by atoms with Crippen molar-refractivity contribution in [1.29, 1.82) is 0 Å². The van der Waals surface area contributed by atoms with Crippen molar-refractivity contribution in [3.63, 3.8) is 0 Å². The Morgan fingerprint density at radius 3 is 2.59 bits per heavy atom. The van der Waals surface area contributed by atoms with Gasteiger partial charge in [0.2, 0.25) is 0 Å². The van der Waals surface area contributed by atoms with E-state index in [0.29, 0.717) is 0 Å². The summed E-state index contributed by atoms with van der Waals surface area (Å²) in [6.07, 6.45) is 2.33. The highest BCUT2D eigenvalue weighted by atomic mass is 19.1. The molecule has 90 valence electrons. The minimum atomic E-state index is -1.11. The molecule has 17 heavy (non-hydrogen) atoms. The maximum absolute atomic E-state index is 13.6. The molecule has 0 atom stereocenters. The van der Waals surface area contributed by atoms with Gasteiger partial charge in [0.1, 0.15) is 11.6 Å². The number of carboxylic acid groups (broad SMARTS) is 1. The predicted octanol–water partition coefficient (Wildman–Crippen LogP) is 1.87. The van der Waals surface area contributed by atoms with Gasteiger partial charge in [0.05, 0.1) is 18.6 Å². The monoisotopic (exact) mass is 240 g/mol. The third kappa shape index (κ3) is 2.19. The number of benzene rings is 1. The number of hydrogen-bond donors (Lipinski definition) is 1. The first-order chi connectivity index (χ1) is 8.03. The fraction of sp³-hybridized carbons (Fsp3) is 0.250. The molecular weight excluding hydrogens is 230 g/mol. The van der Waals surface area contributed by atoms with Gasteiger partial charge in [0.25, 0.3) is 0 Å². The lowest BCUT2D eigenvalue weighted by molar-refractivity contribution is -0.131. The predicted molar refractivity (Wildman–Crippen MR) is 55.6 cm³/mol. The van der Waals surface area contributed by atoms with Gasteiger partial charge in [-0.15, -0.1) is 0 Å². The molecule has 0 bridgehead atoms. The van der Waals surface area contributed by atoms with E-state index in [1.807, 2.05) is 0 Å². The van der Waals surface area contributed by atoms with E-state index >= 15 is 0 Å². The molecule has 0 aliphatic carbocycles. The molecule has 0 aromatic heterocycles. The molecule has 1 saturated heterocycles. The van der Waals surface area contributed by atoms with Gasteiger partial charge in [-0.3, -0.25) is 0 Å². The number of hydrogen-bond acceptors (Lipinski definition) is 2. The summed E-state index contributed by atoms with van der Waals surface area (Å²) in [5.74, 6) is -2.47. The molecule has 0 saturated carbocycles. The summed E-state index contributed by atoms with van der Waals surface area (Å²) < 4.78 is 31.4. The van der Waals surface area contributed by atoms with E-state index in [0.717, 1.165) is 18.2 Å². The minimum absolute atomic E-state index is 0.194. The minimum Gasteiger partial charge on any atom is -0.478 e. The van der Waals surface area contributed by atoms with Crippen molar-refractivity contribution in [3.05, 3.63) is 47.5 Å². The first-order valence-electron chi connectivity index (χ1n) is 4.99. The Hall–Kier alpha value is -1.75. The van der Waals surface area contributed by atoms with Gasteiger partial charge >= 0.3 is 5.97 Å². The van der Waals surface area contributed by atoms with Gasteiger partial charge in [-0.1, -0.05) is 12.1 Å². The first kappa shape index (κ1) is 11.7. The van der Waals surface area contributed by atoms with Crippen molar-refractivity contribution in [2.45, 2.75) is 5.41 Å². The van der Waals surface area contributed by atoms with Crippen LogP contribution in [0.1, 0.15) is 5.56 Å². The van der Waals surface area contributed by atoms with Gasteiger partial charge in [0, 0.05) is 17.7 Å². The summed E-state index contributed by atoms with van der Waals surface area (Å²) in [5.41, 5.74) is -0.543. The van der Waals surface area contributed by atoms with Crippen LogP contribution in [0.4, 0.5) is 8.78 Å². The maximum atomic E-state index is 13.6. The van der Waals surface area contributed by atoms with Crippen LogP contribution in [0.25, 0.3) is 0 Å². The van der Waals surface area contributed by atoms with Crippen molar-refractivity contribution in [3.8, 4) is 0 Å². The number of rotatable bonds is 3. The lowest BCUT2D eigenvalue weighted by Crippen LogP contribution is -2.45. The standard InChI is InChI=1S/C12H10F2O3/c13-8-1-2-9(10(14)5-8)12(6-17-7-12)4-3-11(15)16/h1-5H,6-7H2,(H,15,16)/b4-3+. The van der Waals surface area contributed by atoms with Crippen LogP contribution in [0.5, 0.6) is 0 Å². The smallest absolute Gasteiger partial charge is 0.328 e. The molecule has 1 aliphatic heterocycles. The Kier molecular flexibility index (Phi) is 2.93. The van der Waals surface area contributed by atoms with E-state index < -0.39 is 23.0 Å². The van der Waals surface area contributed by atoms with E-state index in [1.165, 1.54) is 12.1 Å². The zero-order valence-electron chi connectivity index (χ0n) is 8.82. The molecule has 1 aromatic rings. The molecule has 2 rings (SSSR count). The topological polar surface area (TPSA) is 46.5 Å². The van der Waals surface area contributed by atoms with Crippen LogP contribution in [0.3, 0.4) is 0 Å². The van der Waals surface area contributed by atoms with Gasteiger partial charge in [-0.25, -0.2) is 13.6 Å². The SMILES string of the molecule is O=C(O)/C=C/C1(c2ccc(F)cc2F)COC1. The van der Waals surface area contributed by atoms with Crippen LogP contribution >= 0.6 is 0 Å². The molecule has 3 nitrogen and oxygen atoms in total. The van der Waals surface area contributed by atoms with E-state index in [2.05, 4.69) is 0 Å². The third-order valence-electron chi connectivity index (χ3n) is 2.73. The Bertz CT molecular complexity index is 479. The Labute approximate surface area is 96.3 Å². The average molecular weight is 240 g/mol. The fourth-order valence-electron chi connectivity index (χ4n) is 1.79. The highest BCUT2D eigenvalue weighted by Crippen LogP contribution is 2.35. The van der Waals surface area contributed by atoms with Crippen LogP contribution in [0.15, 0.2) is 30.4 Å². The maximum Gasteiger partial charge on any atom is 0.328 e. The van der Waals surface area contributed by atoms with Crippen molar-refractivity contribution >= 4 is 5.97 Å². The normalized spacial score (nSPS) is 18.0. The van der Waals surface area contributed by atoms with E-state index in [1.54, 1.807) is 0 Å². The highest BCUT2D eigenvalue weighted by Gasteiger charge is 2.40. The highest BCUT2D eigenvalue weighted by molar-refractivity contribution is 5.80. The Balaban J connectivity index is 2.38. The van der Waals surface area contributed by atoms with Crippen molar-refractivity contribution < 1.29 is 23.4 Å². The van der Waals surface area contributed by atoms with E-state index in [9.17, 15) is 13.6 Å². The lowest BCUT2D eigenvalue weighted by atomic mass is 9.78. The number of carboxylic acids is 1. The molecule has 1 heterocycles. The van der Waals surface area contributed by atoms with Crippen molar-refractivity contribution in [2.24, 2.45) is 0 Å². The summed E-state index contributed by atoms with van der Waals surface area (Å²) in [5, 5.41) is 8.58. The van der Waals surface area contributed by atoms with Crippen molar-refractivity contribution in [2.75, 3.05) is 13.2 Å².